The largest absolute Gasteiger partial charge is 0.462 e. The average molecular weight is 1050 g/mol. The molecule has 3 fully saturated rings. The maximum atomic E-state index is 13.7. The number of esters is 4. The van der Waals surface area contributed by atoms with Crippen LogP contribution in [0.3, 0.4) is 0 Å². The summed E-state index contributed by atoms with van der Waals surface area (Å²) in [5.41, 5.74) is 0.256. The molecule has 424 valence electrons. The van der Waals surface area contributed by atoms with E-state index in [-0.39, 0.29) is 79.6 Å². The van der Waals surface area contributed by atoms with Crippen LogP contribution in [-0.2, 0) is 47.7 Å². The lowest BCUT2D eigenvalue weighted by molar-refractivity contribution is -0.167. The Hall–Kier alpha value is -3.86. The Morgan fingerprint density at radius 1 is 0.600 bits per heavy atom. The van der Waals surface area contributed by atoms with Gasteiger partial charge in [-0.1, -0.05) is 166 Å². The van der Waals surface area contributed by atoms with Gasteiger partial charge in [0.2, 0.25) is 0 Å². The normalized spacial score (nSPS) is 24.4. The van der Waals surface area contributed by atoms with Crippen LogP contribution in [0, 0.1) is 34.5 Å². The van der Waals surface area contributed by atoms with Crippen LogP contribution in [0.1, 0.15) is 252 Å². The summed E-state index contributed by atoms with van der Waals surface area (Å²) in [6.07, 6.45) is 46.4. The second-order valence-corrected chi connectivity index (χ2v) is 23.2. The van der Waals surface area contributed by atoms with E-state index in [1.807, 2.05) is 6.08 Å². The number of carbonyl (C=O) groups is 6. The first-order valence-corrected chi connectivity index (χ1v) is 30.4. The molecule has 1 N–H and O–H groups in total. The predicted molar refractivity (Wildman–Crippen MR) is 297 cm³/mol. The van der Waals surface area contributed by atoms with Crippen molar-refractivity contribution in [3.63, 3.8) is 0 Å². The summed E-state index contributed by atoms with van der Waals surface area (Å²) in [5, 5.41) is 11.7. The molecule has 0 bridgehead atoms. The van der Waals surface area contributed by atoms with Gasteiger partial charge in [-0.2, -0.15) is 0 Å². The first-order valence-electron chi connectivity index (χ1n) is 30.4. The van der Waals surface area contributed by atoms with Crippen molar-refractivity contribution in [1.29, 1.82) is 0 Å². The first kappa shape index (κ1) is 63.7. The van der Waals surface area contributed by atoms with E-state index in [0.717, 1.165) is 102 Å². The Labute approximate surface area is 453 Å². The Balaban J connectivity index is 1.14. The molecular formula is C64H102O11. The van der Waals surface area contributed by atoms with Gasteiger partial charge < -0.3 is 24.1 Å². The summed E-state index contributed by atoms with van der Waals surface area (Å²) in [6.45, 7) is 7.74. The Morgan fingerprint density at radius 3 is 1.60 bits per heavy atom. The molecular weight excluding hydrogens is 945 g/mol. The van der Waals surface area contributed by atoms with E-state index in [2.05, 4.69) is 52.0 Å². The third-order valence-corrected chi connectivity index (χ3v) is 17.2. The maximum absolute atomic E-state index is 13.7. The monoisotopic (exact) mass is 1050 g/mol. The molecule has 4 rings (SSSR count). The van der Waals surface area contributed by atoms with Crippen LogP contribution in [0.25, 0.3) is 0 Å². The molecule has 0 radical (unpaired) electrons. The van der Waals surface area contributed by atoms with Crippen LogP contribution in [0.15, 0.2) is 48.1 Å². The second kappa shape index (κ2) is 36.3. The molecule has 4 aliphatic rings. The quantitative estimate of drug-likeness (QED) is 0.0269. The number of Topliss-reactive ketones (excluding diaryl/α,β-unsaturated/α-hetero) is 1. The summed E-state index contributed by atoms with van der Waals surface area (Å²) in [6, 6.07) is 0. The van der Waals surface area contributed by atoms with E-state index in [4.69, 9.17) is 18.9 Å². The van der Waals surface area contributed by atoms with Crippen molar-refractivity contribution in [2.75, 3.05) is 19.8 Å². The van der Waals surface area contributed by atoms with Crippen LogP contribution in [0.2, 0.25) is 0 Å². The lowest BCUT2D eigenvalue weighted by Gasteiger charge is -2.58. The van der Waals surface area contributed by atoms with E-state index in [0.29, 0.717) is 25.7 Å². The number of ether oxygens (including phenoxy) is 4. The van der Waals surface area contributed by atoms with Crippen molar-refractivity contribution in [2.45, 2.75) is 265 Å². The van der Waals surface area contributed by atoms with Gasteiger partial charge in [0.1, 0.15) is 19.8 Å². The predicted octanol–water partition coefficient (Wildman–Crippen LogP) is 14.8. The summed E-state index contributed by atoms with van der Waals surface area (Å²) in [5.74, 6) is -2.38. The fourth-order valence-electron chi connectivity index (χ4n) is 12.9. The highest BCUT2D eigenvalue weighted by Gasteiger charge is 2.62. The van der Waals surface area contributed by atoms with Gasteiger partial charge in [0.15, 0.2) is 17.7 Å². The van der Waals surface area contributed by atoms with Crippen LogP contribution in [0.5, 0.6) is 0 Å². The van der Waals surface area contributed by atoms with Crippen molar-refractivity contribution in [1.82, 2.24) is 0 Å². The number of hydrogen-bond donors (Lipinski definition) is 1. The molecule has 0 aliphatic heterocycles. The zero-order valence-corrected chi connectivity index (χ0v) is 47.4. The van der Waals surface area contributed by atoms with Gasteiger partial charge in [-0.05, 0) is 126 Å². The number of fused-ring (bicyclic) bond motifs is 5. The number of allylic oxidation sites excluding steroid dienone is 8. The first-order chi connectivity index (χ1) is 36.3. The van der Waals surface area contributed by atoms with E-state index in [1.165, 1.54) is 77.0 Å². The third kappa shape index (κ3) is 22.9. The number of unbranched alkanes of at least 4 members (excludes halogenated alkanes) is 22. The number of ketones is 2. The summed E-state index contributed by atoms with van der Waals surface area (Å²) >= 11 is 0. The van der Waals surface area contributed by atoms with Gasteiger partial charge in [0, 0.05) is 30.1 Å². The molecule has 0 spiro atoms. The highest BCUT2D eigenvalue weighted by atomic mass is 16.6. The van der Waals surface area contributed by atoms with Gasteiger partial charge in [-0.3, -0.25) is 28.8 Å². The fraction of sp³-hybridized carbons (Fsp3) is 0.781. The number of carbonyl (C=O) groups excluding carboxylic acids is 6. The Kier molecular flexibility index (Phi) is 30.8. The molecule has 75 heavy (non-hydrogen) atoms. The smallest absolute Gasteiger partial charge is 0.306 e. The van der Waals surface area contributed by atoms with E-state index >= 15 is 0 Å². The van der Waals surface area contributed by atoms with Crippen LogP contribution >= 0.6 is 0 Å². The van der Waals surface area contributed by atoms with Gasteiger partial charge in [0.05, 0.1) is 18.9 Å². The topological polar surface area (TPSA) is 160 Å². The summed E-state index contributed by atoms with van der Waals surface area (Å²) < 4.78 is 22.1. The highest BCUT2D eigenvalue weighted by molar-refractivity contribution is 6.01. The zero-order valence-electron chi connectivity index (χ0n) is 47.4. The molecule has 0 aromatic carbocycles. The van der Waals surface area contributed by atoms with E-state index in [1.54, 1.807) is 12.2 Å². The number of aliphatic hydroxyl groups is 1. The molecule has 4 aliphatic carbocycles. The van der Waals surface area contributed by atoms with Gasteiger partial charge >= 0.3 is 23.9 Å². The van der Waals surface area contributed by atoms with E-state index < -0.39 is 48.1 Å². The molecule has 0 saturated heterocycles. The Bertz CT molecular complexity index is 1850. The van der Waals surface area contributed by atoms with Gasteiger partial charge in [-0.25, -0.2) is 0 Å². The molecule has 8 unspecified atom stereocenters. The van der Waals surface area contributed by atoms with Crippen molar-refractivity contribution < 1.29 is 52.8 Å². The van der Waals surface area contributed by atoms with Crippen LogP contribution < -0.4 is 0 Å². The third-order valence-electron chi connectivity index (χ3n) is 17.2. The molecule has 0 amide bonds. The highest BCUT2D eigenvalue weighted by Crippen LogP contribution is 2.66. The minimum Gasteiger partial charge on any atom is -0.462 e. The molecule has 0 heterocycles. The van der Waals surface area contributed by atoms with E-state index in [9.17, 15) is 33.9 Å². The molecule has 0 aromatic heterocycles. The summed E-state index contributed by atoms with van der Waals surface area (Å²) in [7, 11) is 0. The summed E-state index contributed by atoms with van der Waals surface area (Å²) in [4.78, 5) is 77.4. The number of hydrogen-bond acceptors (Lipinski definition) is 11. The molecule has 11 heteroatoms. The maximum Gasteiger partial charge on any atom is 0.306 e. The average Bonchev–Trinajstić information content (AvgIpc) is 3.74. The van der Waals surface area contributed by atoms with Crippen molar-refractivity contribution in [2.24, 2.45) is 34.5 Å². The second-order valence-electron chi connectivity index (χ2n) is 23.2. The van der Waals surface area contributed by atoms with Crippen molar-refractivity contribution in [3.05, 3.63) is 48.1 Å². The van der Waals surface area contributed by atoms with Gasteiger partial charge in [-0.15, -0.1) is 0 Å². The van der Waals surface area contributed by atoms with Gasteiger partial charge in [0.25, 0.3) is 0 Å². The lowest BCUT2D eigenvalue weighted by Crippen LogP contribution is -2.56. The minimum absolute atomic E-state index is 0.00591. The number of aliphatic hydroxyl groups excluding tert-OH is 1. The van der Waals surface area contributed by atoms with Crippen molar-refractivity contribution >= 4 is 35.4 Å². The molecule has 11 nitrogen and oxygen atoms in total. The SMILES string of the molecule is CCCCCCCC/C=C\CCCCCCCC(=O)OCC(COC(=O)CCC(=O)OCC(=O)C1CCC2C3CCC4=CC(=O)C=CC4(C)C3C(O)CC12C)OC(=O)CCCCCCC/C=C\CCCCCCCC. The lowest BCUT2D eigenvalue weighted by atomic mass is 9.46. The molecule has 0 aromatic rings. The molecule has 3 saturated carbocycles. The van der Waals surface area contributed by atoms with Crippen LogP contribution in [0.4, 0.5) is 0 Å². The zero-order chi connectivity index (χ0) is 54.2. The fourth-order valence-corrected chi connectivity index (χ4v) is 12.9. The Morgan fingerprint density at radius 2 is 1.07 bits per heavy atom. The molecule has 8 atom stereocenters. The van der Waals surface area contributed by atoms with Crippen LogP contribution in [-0.4, -0.2) is 72.6 Å². The minimum atomic E-state index is -0.990. The standard InChI is InChI=1S/C64H102O11/c1-5-7-9-11-13-15-17-19-21-23-25-27-29-31-33-35-58(68)72-47-52(75-61(71)36-34-32-30-28-26-24-22-20-18-16-14-12-10-8-6-2)48-73-59(69)41-42-60(70)74-49-57(67)55-40-39-54-53-38-37-50-45-51(65)43-44-63(50,3)62(53)56(66)46-64(54,55)4/h19-22,43-45,52-56,62,66H,5-18,23-42,46-49H2,1-4H3/b21-19-,22-20-. The number of rotatable bonds is 41. The van der Waals surface area contributed by atoms with Crippen molar-refractivity contribution in [3.8, 4) is 0 Å².